The summed E-state index contributed by atoms with van der Waals surface area (Å²) in [5.41, 5.74) is 3.54. The average molecular weight is 398 g/mol. The van der Waals surface area contributed by atoms with E-state index in [0.717, 1.165) is 16.9 Å². The molecule has 2 aromatic heterocycles. The van der Waals surface area contributed by atoms with Crippen molar-refractivity contribution in [3.8, 4) is 22.7 Å². The molecule has 4 aromatic rings. The third-order valence-electron chi connectivity index (χ3n) is 4.80. The van der Waals surface area contributed by atoms with E-state index in [0.29, 0.717) is 17.0 Å². The van der Waals surface area contributed by atoms with Gasteiger partial charge in [0.05, 0.1) is 30.1 Å². The minimum Gasteiger partial charge on any atom is -0.497 e. The number of rotatable bonds is 6. The van der Waals surface area contributed by atoms with Crippen molar-refractivity contribution in [2.45, 2.75) is 13.0 Å². The van der Waals surface area contributed by atoms with Crippen LogP contribution in [0.5, 0.6) is 5.75 Å². The van der Waals surface area contributed by atoms with Crippen molar-refractivity contribution < 1.29 is 9.53 Å². The standard InChI is InChI=1S/C24H22N4O2/c1-17(22-13-6-7-14-25-22)26-24(29)21-16-28(19-10-4-3-5-11-19)27-23(21)18-9-8-12-20(15-18)30-2/h3-17H,1-2H3,(H,26,29). The van der Waals surface area contributed by atoms with Crippen molar-refractivity contribution in [1.29, 1.82) is 0 Å². The van der Waals surface area contributed by atoms with Crippen LogP contribution in [0.2, 0.25) is 0 Å². The summed E-state index contributed by atoms with van der Waals surface area (Å²) < 4.78 is 7.06. The number of amides is 1. The van der Waals surface area contributed by atoms with Crippen molar-refractivity contribution >= 4 is 5.91 Å². The van der Waals surface area contributed by atoms with Gasteiger partial charge in [-0.1, -0.05) is 36.4 Å². The van der Waals surface area contributed by atoms with E-state index < -0.39 is 0 Å². The predicted molar refractivity (Wildman–Crippen MR) is 116 cm³/mol. The molecule has 0 radical (unpaired) electrons. The molecule has 0 saturated carbocycles. The maximum atomic E-state index is 13.2. The fourth-order valence-electron chi connectivity index (χ4n) is 3.22. The first-order chi connectivity index (χ1) is 14.7. The number of nitrogens with one attached hydrogen (secondary N) is 1. The Balaban J connectivity index is 1.73. The van der Waals surface area contributed by atoms with Crippen LogP contribution in [-0.2, 0) is 0 Å². The maximum Gasteiger partial charge on any atom is 0.255 e. The van der Waals surface area contributed by atoms with Gasteiger partial charge in [-0.05, 0) is 43.3 Å². The Kier molecular flexibility index (Phi) is 5.57. The van der Waals surface area contributed by atoms with E-state index in [2.05, 4.69) is 10.3 Å². The highest BCUT2D eigenvalue weighted by Gasteiger charge is 2.21. The number of hydrogen-bond acceptors (Lipinski definition) is 4. The summed E-state index contributed by atoms with van der Waals surface area (Å²) in [6, 6.07) is 22.6. The van der Waals surface area contributed by atoms with Gasteiger partial charge in [0.25, 0.3) is 5.91 Å². The Labute approximate surface area is 175 Å². The minimum atomic E-state index is -0.239. The first kappa shape index (κ1) is 19.4. The molecule has 6 heteroatoms. The molecule has 1 amide bonds. The van der Waals surface area contributed by atoms with Gasteiger partial charge >= 0.3 is 0 Å². The van der Waals surface area contributed by atoms with Crippen molar-refractivity contribution in [2.75, 3.05) is 7.11 Å². The molecule has 1 N–H and O–H groups in total. The summed E-state index contributed by atoms with van der Waals surface area (Å²) in [5.74, 6) is 0.489. The van der Waals surface area contributed by atoms with Gasteiger partial charge in [0.15, 0.2) is 0 Å². The fourth-order valence-corrected chi connectivity index (χ4v) is 3.22. The molecule has 150 valence electrons. The highest BCUT2D eigenvalue weighted by molar-refractivity contribution is 6.00. The zero-order valence-electron chi connectivity index (χ0n) is 16.8. The van der Waals surface area contributed by atoms with Crippen LogP contribution in [0.4, 0.5) is 0 Å². The molecular formula is C24H22N4O2. The summed E-state index contributed by atoms with van der Waals surface area (Å²) in [6.45, 7) is 1.91. The second-order valence-corrected chi connectivity index (χ2v) is 6.85. The zero-order chi connectivity index (χ0) is 20.9. The van der Waals surface area contributed by atoms with Gasteiger partial charge in [0.1, 0.15) is 11.4 Å². The first-order valence-electron chi connectivity index (χ1n) is 9.67. The van der Waals surface area contributed by atoms with Crippen LogP contribution in [0, 0.1) is 0 Å². The molecule has 1 unspecified atom stereocenters. The smallest absolute Gasteiger partial charge is 0.255 e. The van der Waals surface area contributed by atoms with Crippen LogP contribution in [0.15, 0.2) is 85.2 Å². The van der Waals surface area contributed by atoms with Crippen molar-refractivity contribution in [2.24, 2.45) is 0 Å². The highest BCUT2D eigenvalue weighted by atomic mass is 16.5. The van der Waals surface area contributed by atoms with Crippen LogP contribution in [-0.4, -0.2) is 27.8 Å². The van der Waals surface area contributed by atoms with Gasteiger partial charge in [0.2, 0.25) is 0 Å². The molecule has 0 aliphatic rings. The molecule has 2 heterocycles. The molecule has 6 nitrogen and oxygen atoms in total. The number of ether oxygens (including phenoxy) is 1. The molecule has 0 aliphatic carbocycles. The molecule has 0 bridgehead atoms. The molecule has 0 spiro atoms. The van der Waals surface area contributed by atoms with Crippen molar-refractivity contribution in [1.82, 2.24) is 20.1 Å². The SMILES string of the molecule is COc1cccc(-c2nn(-c3ccccc3)cc2C(=O)NC(C)c2ccccn2)c1. The number of para-hydroxylation sites is 1. The summed E-state index contributed by atoms with van der Waals surface area (Å²) in [4.78, 5) is 17.5. The molecule has 0 aliphatic heterocycles. The monoisotopic (exact) mass is 398 g/mol. The van der Waals surface area contributed by atoms with E-state index in [1.165, 1.54) is 0 Å². The fraction of sp³-hybridized carbons (Fsp3) is 0.125. The molecule has 1 atom stereocenters. The summed E-state index contributed by atoms with van der Waals surface area (Å²) in [7, 11) is 1.61. The summed E-state index contributed by atoms with van der Waals surface area (Å²) in [5, 5.41) is 7.74. The van der Waals surface area contributed by atoms with E-state index in [9.17, 15) is 4.79 Å². The predicted octanol–water partition coefficient (Wildman–Crippen LogP) is 4.43. The van der Waals surface area contributed by atoms with E-state index in [1.54, 1.807) is 24.2 Å². The lowest BCUT2D eigenvalue weighted by atomic mass is 10.1. The number of hydrogen-bond donors (Lipinski definition) is 1. The van der Waals surface area contributed by atoms with Crippen LogP contribution in [0.25, 0.3) is 16.9 Å². The first-order valence-corrected chi connectivity index (χ1v) is 9.67. The normalized spacial score (nSPS) is 11.7. The Morgan fingerprint density at radius 3 is 2.57 bits per heavy atom. The van der Waals surface area contributed by atoms with E-state index >= 15 is 0 Å². The largest absolute Gasteiger partial charge is 0.497 e. The summed E-state index contributed by atoms with van der Waals surface area (Å²) >= 11 is 0. The molecular weight excluding hydrogens is 376 g/mol. The highest BCUT2D eigenvalue weighted by Crippen LogP contribution is 2.27. The average Bonchev–Trinajstić information content (AvgIpc) is 3.26. The van der Waals surface area contributed by atoms with Crippen molar-refractivity contribution in [3.05, 3.63) is 96.4 Å². The van der Waals surface area contributed by atoms with Crippen LogP contribution in [0.3, 0.4) is 0 Å². The van der Waals surface area contributed by atoms with Crippen LogP contribution < -0.4 is 10.1 Å². The quantitative estimate of drug-likeness (QED) is 0.522. The second kappa shape index (κ2) is 8.61. The Bertz CT molecular complexity index is 1140. The van der Waals surface area contributed by atoms with Crippen molar-refractivity contribution in [3.63, 3.8) is 0 Å². The Hall–Kier alpha value is -3.93. The number of methoxy groups -OCH3 is 1. The molecule has 4 rings (SSSR count). The van der Waals surface area contributed by atoms with E-state index in [-0.39, 0.29) is 11.9 Å². The van der Waals surface area contributed by atoms with Gasteiger partial charge in [-0.25, -0.2) is 4.68 Å². The van der Waals surface area contributed by atoms with Crippen LogP contribution in [0.1, 0.15) is 29.0 Å². The number of nitrogens with zero attached hydrogens (tertiary/aromatic N) is 3. The van der Waals surface area contributed by atoms with Gasteiger partial charge in [0, 0.05) is 18.0 Å². The molecule has 30 heavy (non-hydrogen) atoms. The molecule has 2 aromatic carbocycles. The molecule has 0 fully saturated rings. The number of benzene rings is 2. The lowest BCUT2D eigenvalue weighted by Gasteiger charge is -2.13. The maximum absolute atomic E-state index is 13.2. The lowest BCUT2D eigenvalue weighted by molar-refractivity contribution is 0.0939. The number of aromatic nitrogens is 3. The lowest BCUT2D eigenvalue weighted by Crippen LogP contribution is -2.27. The van der Waals surface area contributed by atoms with Gasteiger partial charge in [-0.3, -0.25) is 9.78 Å². The van der Waals surface area contributed by atoms with Crippen LogP contribution >= 0.6 is 0 Å². The molecule has 0 saturated heterocycles. The van der Waals surface area contributed by atoms with Gasteiger partial charge in [-0.15, -0.1) is 0 Å². The van der Waals surface area contributed by atoms with E-state index in [4.69, 9.17) is 9.84 Å². The third kappa shape index (κ3) is 4.07. The zero-order valence-corrected chi connectivity index (χ0v) is 16.8. The third-order valence-corrected chi connectivity index (χ3v) is 4.80. The Morgan fingerprint density at radius 2 is 1.83 bits per heavy atom. The second-order valence-electron chi connectivity index (χ2n) is 6.85. The number of carbonyl (C=O) groups is 1. The number of pyridine rings is 1. The minimum absolute atomic E-state index is 0.215. The summed E-state index contributed by atoms with van der Waals surface area (Å²) in [6.07, 6.45) is 3.47. The van der Waals surface area contributed by atoms with E-state index in [1.807, 2.05) is 79.7 Å². The Morgan fingerprint density at radius 1 is 1.03 bits per heavy atom. The van der Waals surface area contributed by atoms with Gasteiger partial charge in [-0.2, -0.15) is 5.10 Å². The van der Waals surface area contributed by atoms with Gasteiger partial charge < -0.3 is 10.1 Å². The topological polar surface area (TPSA) is 69.0 Å². The number of carbonyl (C=O) groups excluding carboxylic acids is 1.